The van der Waals surface area contributed by atoms with E-state index < -0.39 is 17.2 Å². The number of rotatable bonds is 8. The van der Waals surface area contributed by atoms with Crippen LogP contribution in [0.25, 0.3) is 0 Å². The van der Waals surface area contributed by atoms with Gasteiger partial charge in [-0.15, -0.1) is 0 Å². The van der Waals surface area contributed by atoms with Crippen LogP contribution in [0.2, 0.25) is 0 Å². The summed E-state index contributed by atoms with van der Waals surface area (Å²) in [5.74, 6) is -0.327. The average Bonchev–Trinajstić information content (AvgIpc) is 3.44. The molecule has 1 fully saturated rings. The Hall–Kier alpha value is -3.69. The highest BCUT2D eigenvalue weighted by Crippen LogP contribution is 2.49. The van der Waals surface area contributed by atoms with Crippen LogP contribution in [0.5, 0.6) is 0 Å². The Balaban J connectivity index is 1.35. The Kier molecular flexibility index (Phi) is 6.16. The number of aryl methyl sites for hydroxylation is 2. The summed E-state index contributed by atoms with van der Waals surface area (Å²) in [5, 5.41) is 9.57. The predicted octanol–water partition coefficient (Wildman–Crippen LogP) is 4.56. The van der Waals surface area contributed by atoms with Crippen LogP contribution in [0, 0.1) is 12.3 Å². The molecule has 0 aliphatic heterocycles. The van der Waals surface area contributed by atoms with E-state index in [0.29, 0.717) is 35.3 Å². The number of anilines is 2. The zero-order valence-electron chi connectivity index (χ0n) is 18.7. The molecule has 0 bridgehead atoms. The number of amides is 1. The number of carbonyl (C=O) groups is 2. The molecule has 178 valence electrons. The molecule has 1 aliphatic rings. The zero-order chi connectivity index (χ0) is 24.5. The first-order valence-electron chi connectivity index (χ1n) is 10.8. The molecule has 34 heavy (non-hydrogen) atoms. The fraction of sp³-hybridized carbons (Fsp3) is 0.333. The molecule has 10 heteroatoms. The van der Waals surface area contributed by atoms with Gasteiger partial charge in [0.25, 0.3) is 0 Å². The largest absolute Gasteiger partial charge is 0.418 e. The van der Waals surface area contributed by atoms with Crippen LogP contribution in [0.15, 0.2) is 48.9 Å². The van der Waals surface area contributed by atoms with Crippen molar-refractivity contribution in [2.75, 3.05) is 5.32 Å². The molecule has 1 aromatic carbocycles. The summed E-state index contributed by atoms with van der Waals surface area (Å²) in [5.41, 5.74) is 0.423. The molecule has 2 heterocycles. The number of ketones is 1. The van der Waals surface area contributed by atoms with Crippen molar-refractivity contribution in [2.45, 2.75) is 38.9 Å². The topological polar surface area (TPSA) is 88.9 Å². The number of hydrogen-bond acceptors (Lipinski definition) is 5. The second-order valence-corrected chi connectivity index (χ2v) is 8.68. The van der Waals surface area contributed by atoms with Gasteiger partial charge in [-0.2, -0.15) is 18.3 Å². The molecule has 2 aromatic heterocycles. The minimum absolute atomic E-state index is 0.0603. The van der Waals surface area contributed by atoms with E-state index in [1.165, 1.54) is 18.5 Å². The third kappa shape index (κ3) is 5.27. The number of Topliss-reactive ketones (excluding diaryl/α,β-unsaturated/α-hetero) is 1. The molecular formula is C24H24F3N5O2. The molecule has 4 rings (SSSR count). The quantitative estimate of drug-likeness (QED) is 0.471. The van der Waals surface area contributed by atoms with Gasteiger partial charge in [-0.3, -0.25) is 19.3 Å². The molecule has 1 aliphatic carbocycles. The summed E-state index contributed by atoms with van der Waals surface area (Å²) < 4.78 is 41.5. The Bertz CT molecular complexity index is 1210. The van der Waals surface area contributed by atoms with E-state index in [0.717, 1.165) is 6.07 Å². The van der Waals surface area contributed by atoms with Gasteiger partial charge in [0.05, 0.1) is 52.5 Å². The summed E-state index contributed by atoms with van der Waals surface area (Å²) in [7, 11) is 1.72. The summed E-state index contributed by atoms with van der Waals surface area (Å²) >= 11 is 0. The van der Waals surface area contributed by atoms with Crippen molar-refractivity contribution in [3.63, 3.8) is 0 Å². The molecule has 0 radical (unpaired) electrons. The van der Waals surface area contributed by atoms with Gasteiger partial charge >= 0.3 is 6.18 Å². The van der Waals surface area contributed by atoms with Gasteiger partial charge in [-0.25, -0.2) is 0 Å². The number of nitrogens with zero attached hydrogens (tertiary/aromatic N) is 3. The fourth-order valence-electron chi connectivity index (χ4n) is 3.73. The molecule has 7 nitrogen and oxygen atoms in total. The second-order valence-electron chi connectivity index (χ2n) is 8.68. The summed E-state index contributed by atoms with van der Waals surface area (Å²) in [6, 6.07) is 7.31. The number of pyridine rings is 1. The van der Waals surface area contributed by atoms with Gasteiger partial charge in [0.1, 0.15) is 0 Å². The monoisotopic (exact) mass is 471 g/mol. The van der Waals surface area contributed by atoms with E-state index in [2.05, 4.69) is 20.7 Å². The summed E-state index contributed by atoms with van der Waals surface area (Å²) in [4.78, 5) is 29.4. The maximum Gasteiger partial charge on any atom is 0.418 e. The van der Waals surface area contributed by atoms with E-state index in [9.17, 15) is 22.8 Å². The van der Waals surface area contributed by atoms with Crippen LogP contribution >= 0.6 is 0 Å². The van der Waals surface area contributed by atoms with Gasteiger partial charge in [0, 0.05) is 19.7 Å². The van der Waals surface area contributed by atoms with E-state index in [1.54, 1.807) is 43.0 Å². The number of benzene rings is 1. The summed E-state index contributed by atoms with van der Waals surface area (Å²) in [6.07, 6.45) is 1.45. The SMILES string of the molecule is Cc1ccc(Nc2ccc(CNC(=O)C3(CC(=O)c4cnn(C)c4)CC3)nc2)c(C(F)(F)F)c1. The standard InChI is InChI=1S/C24H24F3N5O2/c1-15-3-6-20(19(9-15)24(25,26)27)31-18-5-4-17(28-13-18)12-29-22(34)23(7-8-23)10-21(33)16-11-30-32(2)14-16/h3-6,9,11,13-14,31H,7-8,10,12H2,1-2H3,(H,29,34). The van der Waals surface area contributed by atoms with E-state index in [1.807, 2.05) is 0 Å². The molecular weight excluding hydrogens is 447 g/mol. The van der Waals surface area contributed by atoms with Gasteiger partial charge in [0.2, 0.25) is 5.91 Å². The molecule has 0 spiro atoms. The molecule has 1 saturated carbocycles. The van der Waals surface area contributed by atoms with Gasteiger partial charge in [-0.05, 0) is 44.0 Å². The average molecular weight is 471 g/mol. The molecule has 2 N–H and O–H groups in total. The second kappa shape index (κ2) is 8.92. The van der Waals surface area contributed by atoms with Gasteiger partial charge in [0.15, 0.2) is 5.78 Å². The van der Waals surface area contributed by atoms with E-state index in [4.69, 9.17) is 0 Å². The van der Waals surface area contributed by atoms with Crippen molar-refractivity contribution in [1.82, 2.24) is 20.1 Å². The zero-order valence-corrected chi connectivity index (χ0v) is 18.7. The number of hydrogen-bond donors (Lipinski definition) is 2. The molecule has 0 atom stereocenters. The lowest BCUT2D eigenvalue weighted by atomic mass is 9.96. The van der Waals surface area contributed by atoms with Crippen molar-refractivity contribution in [1.29, 1.82) is 0 Å². The number of aromatic nitrogens is 3. The third-order valence-electron chi connectivity index (χ3n) is 5.88. The Labute approximate surface area is 194 Å². The Morgan fingerprint density at radius 1 is 1.15 bits per heavy atom. The number of nitrogens with one attached hydrogen (secondary N) is 2. The minimum Gasteiger partial charge on any atom is -0.354 e. The van der Waals surface area contributed by atoms with Crippen molar-refractivity contribution in [3.8, 4) is 0 Å². The van der Waals surface area contributed by atoms with Crippen LogP contribution in [0.1, 0.15) is 46.4 Å². The van der Waals surface area contributed by atoms with Gasteiger partial charge < -0.3 is 10.6 Å². The van der Waals surface area contributed by atoms with Crippen molar-refractivity contribution in [3.05, 3.63) is 71.3 Å². The maximum atomic E-state index is 13.3. The third-order valence-corrected chi connectivity index (χ3v) is 5.88. The normalized spacial score (nSPS) is 14.5. The lowest BCUT2D eigenvalue weighted by Crippen LogP contribution is -2.33. The number of halogens is 3. The maximum absolute atomic E-state index is 13.3. The van der Waals surface area contributed by atoms with Crippen molar-refractivity contribution >= 4 is 23.1 Å². The van der Waals surface area contributed by atoms with Gasteiger partial charge in [-0.1, -0.05) is 11.6 Å². The molecule has 1 amide bonds. The first-order valence-corrected chi connectivity index (χ1v) is 10.8. The molecule has 0 saturated heterocycles. The predicted molar refractivity (Wildman–Crippen MR) is 119 cm³/mol. The number of carbonyl (C=O) groups excluding carboxylic acids is 2. The van der Waals surface area contributed by atoms with Crippen molar-refractivity contribution in [2.24, 2.45) is 12.5 Å². The fourth-order valence-corrected chi connectivity index (χ4v) is 3.73. The smallest absolute Gasteiger partial charge is 0.354 e. The highest BCUT2D eigenvalue weighted by atomic mass is 19.4. The lowest BCUT2D eigenvalue weighted by molar-refractivity contribution is -0.137. The van der Waals surface area contributed by atoms with E-state index in [-0.39, 0.29) is 30.3 Å². The van der Waals surface area contributed by atoms with Crippen LogP contribution in [0.4, 0.5) is 24.5 Å². The van der Waals surface area contributed by atoms with Crippen LogP contribution in [-0.4, -0.2) is 26.5 Å². The van der Waals surface area contributed by atoms with Crippen molar-refractivity contribution < 1.29 is 22.8 Å². The molecule has 3 aromatic rings. The van der Waals surface area contributed by atoms with Crippen LogP contribution in [0.3, 0.4) is 0 Å². The van der Waals surface area contributed by atoms with Crippen LogP contribution in [-0.2, 0) is 24.6 Å². The minimum atomic E-state index is -4.48. The highest BCUT2D eigenvalue weighted by Gasteiger charge is 2.51. The Morgan fingerprint density at radius 3 is 2.50 bits per heavy atom. The number of alkyl halides is 3. The lowest BCUT2D eigenvalue weighted by Gasteiger charge is -2.16. The van der Waals surface area contributed by atoms with Crippen LogP contribution < -0.4 is 10.6 Å². The Morgan fingerprint density at radius 2 is 1.91 bits per heavy atom. The first-order chi connectivity index (χ1) is 16.1. The van der Waals surface area contributed by atoms with E-state index >= 15 is 0 Å². The highest BCUT2D eigenvalue weighted by molar-refractivity contribution is 6.00. The first kappa shape index (κ1) is 23.5. The molecule has 0 unspecified atom stereocenters. The summed E-state index contributed by atoms with van der Waals surface area (Å²) in [6.45, 7) is 1.75.